The summed E-state index contributed by atoms with van der Waals surface area (Å²) in [6.45, 7) is 2.46. The molecule has 0 saturated carbocycles. The van der Waals surface area contributed by atoms with Crippen LogP contribution in [0.25, 0.3) is 0 Å². The van der Waals surface area contributed by atoms with Crippen LogP contribution in [0, 0.1) is 17.2 Å². The molecule has 4 aromatic rings. The third kappa shape index (κ3) is 8.03. The largest absolute Gasteiger partial charge is 0.494 e. The van der Waals surface area contributed by atoms with Crippen molar-refractivity contribution in [2.24, 2.45) is 5.92 Å². The van der Waals surface area contributed by atoms with E-state index < -0.39 is 7.92 Å². The zero-order valence-electron chi connectivity index (χ0n) is 19.3. The summed E-state index contributed by atoms with van der Waals surface area (Å²) in [5.41, 5.74) is 1.04. The van der Waals surface area contributed by atoms with Crippen LogP contribution in [0.15, 0.2) is 115 Å². The van der Waals surface area contributed by atoms with E-state index in [4.69, 9.17) is 21.6 Å². The lowest BCUT2D eigenvalue weighted by Crippen LogP contribution is -2.20. The molecule has 4 aromatic carbocycles. The van der Waals surface area contributed by atoms with Crippen molar-refractivity contribution in [1.82, 2.24) is 0 Å². The Bertz CT molecular complexity index is 1050. The maximum atomic E-state index is 8.59. The second kappa shape index (κ2) is 14.2. The first kappa shape index (κ1) is 25.5. The highest BCUT2D eigenvalue weighted by Crippen LogP contribution is 2.32. The zero-order valence-corrected chi connectivity index (χ0v) is 21.0. The standard InChI is InChI=1S/C18H15P.C12H14ClNO/c1-4-10-16(11-5-1)19(17-12-6-2-7-13-17)18-14-8-3-9-15-18;1-10(9-14)5-6-15-12-4-2-3-11(7-12)8-13/h1-15H;2-4,7,10H,5-6,8H2,1H3. The number of hydrogen-bond donors (Lipinski definition) is 0. The molecule has 1 atom stereocenters. The van der Waals surface area contributed by atoms with Crippen LogP contribution in [0.4, 0.5) is 0 Å². The van der Waals surface area contributed by atoms with Crippen LogP contribution >= 0.6 is 19.5 Å². The van der Waals surface area contributed by atoms with Crippen molar-refractivity contribution in [1.29, 1.82) is 5.26 Å². The highest BCUT2D eigenvalue weighted by atomic mass is 35.5. The first-order valence-corrected chi connectivity index (χ1v) is 13.2. The van der Waals surface area contributed by atoms with Crippen molar-refractivity contribution in [3.63, 3.8) is 0 Å². The number of hydrogen-bond acceptors (Lipinski definition) is 2. The van der Waals surface area contributed by atoms with Crippen LogP contribution in [0.5, 0.6) is 5.75 Å². The molecule has 0 aliphatic rings. The molecule has 0 fully saturated rings. The Labute approximate surface area is 209 Å². The summed E-state index contributed by atoms with van der Waals surface area (Å²) in [4.78, 5) is 0. The smallest absolute Gasteiger partial charge is 0.119 e. The lowest BCUT2D eigenvalue weighted by atomic mass is 10.1. The Kier molecular flexibility index (Phi) is 10.7. The third-order valence-electron chi connectivity index (χ3n) is 5.14. The highest BCUT2D eigenvalue weighted by Gasteiger charge is 2.15. The van der Waals surface area contributed by atoms with Crippen molar-refractivity contribution in [3.05, 3.63) is 121 Å². The molecule has 2 nitrogen and oxygen atoms in total. The normalized spacial score (nSPS) is 11.1. The van der Waals surface area contributed by atoms with Gasteiger partial charge in [-0.05, 0) is 54.9 Å². The van der Waals surface area contributed by atoms with Gasteiger partial charge in [0.25, 0.3) is 0 Å². The van der Waals surface area contributed by atoms with Crippen molar-refractivity contribution < 1.29 is 4.74 Å². The van der Waals surface area contributed by atoms with E-state index in [1.165, 1.54) is 15.9 Å². The quantitative estimate of drug-likeness (QED) is 0.203. The average Bonchev–Trinajstić information content (AvgIpc) is 2.91. The molecule has 4 rings (SSSR count). The van der Waals surface area contributed by atoms with E-state index in [0.717, 1.165) is 17.7 Å². The Morgan fingerprint density at radius 3 is 1.71 bits per heavy atom. The van der Waals surface area contributed by atoms with Gasteiger partial charge >= 0.3 is 0 Å². The number of rotatable bonds is 8. The molecule has 0 saturated heterocycles. The topological polar surface area (TPSA) is 33.0 Å². The van der Waals surface area contributed by atoms with Crippen LogP contribution in [-0.2, 0) is 5.88 Å². The first-order chi connectivity index (χ1) is 16.7. The van der Waals surface area contributed by atoms with Gasteiger partial charge < -0.3 is 4.74 Å². The van der Waals surface area contributed by atoms with Crippen LogP contribution in [0.1, 0.15) is 18.9 Å². The summed E-state index contributed by atoms with van der Waals surface area (Å²) >= 11 is 5.71. The molecule has 0 N–H and O–H groups in total. The predicted octanol–water partition coefficient (Wildman–Crippen LogP) is 6.80. The minimum atomic E-state index is -0.446. The molecule has 4 heteroatoms. The van der Waals surface area contributed by atoms with E-state index in [0.29, 0.717) is 12.5 Å². The summed E-state index contributed by atoms with van der Waals surface area (Å²) < 4.78 is 5.51. The minimum Gasteiger partial charge on any atom is -0.494 e. The number of ether oxygens (including phenoxy) is 1. The molecule has 172 valence electrons. The van der Waals surface area contributed by atoms with Gasteiger partial charge in [0.1, 0.15) is 5.75 Å². The summed E-state index contributed by atoms with van der Waals surface area (Å²) in [6.07, 6.45) is 0.752. The first-order valence-electron chi connectivity index (χ1n) is 11.3. The van der Waals surface area contributed by atoms with Gasteiger partial charge in [0.2, 0.25) is 0 Å². The van der Waals surface area contributed by atoms with Gasteiger partial charge in [-0.1, -0.05) is 103 Å². The molecule has 1 unspecified atom stereocenters. The Hall–Kier alpha value is -3.11. The summed E-state index contributed by atoms with van der Waals surface area (Å²) in [7, 11) is -0.446. The predicted molar refractivity (Wildman–Crippen MR) is 146 cm³/mol. The summed E-state index contributed by atoms with van der Waals surface area (Å²) in [6, 6.07) is 42.2. The molecular weight excluding hydrogens is 457 g/mol. The number of nitriles is 1. The van der Waals surface area contributed by atoms with Gasteiger partial charge in [-0.2, -0.15) is 5.26 Å². The molecule has 0 bridgehead atoms. The molecule has 0 aliphatic carbocycles. The van der Waals surface area contributed by atoms with Crippen LogP contribution < -0.4 is 20.7 Å². The van der Waals surface area contributed by atoms with Crippen molar-refractivity contribution in [3.8, 4) is 11.8 Å². The van der Waals surface area contributed by atoms with Crippen LogP contribution in [-0.4, -0.2) is 6.61 Å². The van der Waals surface area contributed by atoms with E-state index in [2.05, 4.69) is 97.1 Å². The fourth-order valence-corrected chi connectivity index (χ4v) is 5.79. The molecule has 0 radical (unpaired) electrons. The molecule has 0 heterocycles. The van der Waals surface area contributed by atoms with Gasteiger partial charge in [-0.25, -0.2) is 0 Å². The van der Waals surface area contributed by atoms with E-state index in [1.807, 2.05) is 31.2 Å². The van der Waals surface area contributed by atoms with Gasteiger partial charge in [0.05, 0.1) is 12.7 Å². The van der Waals surface area contributed by atoms with E-state index in [9.17, 15) is 0 Å². The summed E-state index contributed by atoms with van der Waals surface area (Å²) in [5, 5.41) is 12.8. The van der Waals surface area contributed by atoms with Gasteiger partial charge in [0, 0.05) is 11.8 Å². The molecule has 0 aromatic heterocycles. The van der Waals surface area contributed by atoms with Gasteiger partial charge in [-0.15, -0.1) is 11.6 Å². The second-order valence-corrected chi connectivity index (χ2v) is 10.3. The lowest BCUT2D eigenvalue weighted by Gasteiger charge is -2.18. The van der Waals surface area contributed by atoms with Gasteiger partial charge in [0.15, 0.2) is 0 Å². The van der Waals surface area contributed by atoms with Crippen molar-refractivity contribution in [2.75, 3.05) is 6.61 Å². The third-order valence-corrected chi connectivity index (χ3v) is 7.89. The molecule has 0 amide bonds. The Morgan fingerprint density at radius 2 is 1.26 bits per heavy atom. The fraction of sp³-hybridized carbons (Fsp3) is 0.167. The number of alkyl halides is 1. The SMILES string of the molecule is CC(C#N)CCOc1cccc(CCl)c1.c1ccc(P(c2ccccc2)c2ccccc2)cc1. The molecule has 0 aliphatic heterocycles. The van der Waals surface area contributed by atoms with Crippen molar-refractivity contribution in [2.45, 2.75) is 19.2 Å². The number of halogens is 1. The maximum Gasteiger partial charge on any atom is 0.119 e. The minimum absolute atomic E-state index is 0.0428. The highest BCUT2D eigenvalue weighted by molar-refractivity contribution is 7.79. The molecule has 0 spiro atoms. The van der Waals surface area contributed by atoms with Crippen molar-refractivity contribution >= 4 is 35.4 Å². The van der Waals surface area contributed by atoms with Crippen LogP contribution in [0.3, 0.4) is 0 Å². The van der Waals surface area contributed by atoms with Crippen LogP contribution in [0.2, 0.25) is 0 Å². The Balaban J connectivity index is 0.000000197. The number of benzene rings is 4. The monoisotopic (exact) mass is 485 g/mol. The van der Waals surface area contributed by atoms with E-state index in [1.54, 1.807) is 0 Å². The Morgan fingerprint density at radius 1 is 0.765 bits per heavy atom. The fourth-order valence-electron chi connectivity index (χ4n) is 3.31. The van der Waals surface area contributed by atoms with E-state index >= 15 is 0 Å². The molecular formula is C30H29ClNOP. The molecule has 34 heavy (non-hydrogen) atoms. The van der Waals surface area contributed by atoms with Gasteiger partial charge in [-0.3, -0.25) is 0 Å². The summed E-state index contributed by atoms with van der Waals surface area (Å²) in [5.74, 6) is 1.35. The lowest BCUT2D eigenvalue weighted by molar-refractivity contribution is 0.297. The number of nitrogens with zero attached hydrogens (tertiary/aromatic N) is 1. The average molecular weight is 486 g/mol. The zero-order chi connectivity index (χ0) is 24.0. The maximum absolute atomic E-state index is 8.59. The second-order valence-electron chi connectivity index (χ2n) is 7.79. The van der Waals surface area contributed by atoms with E-state index in [-0.39, 0.29) is 5.92 Å².